The first-order valence-electron chi connectivity index (χ1n) is 15.0. The summed E-state index contributed by atoms with van der Waals surface area (Å²) in [5, 5.41) is 19.7. The third-order valence-electron chi connectivity index (χ3n) is 7.24. The zero-order valence-corrected chi connectivity index (χ0v) is 26.2. The number of carbonyl (C=O) groups excluding carboxylic acids is 4. The fourth-order valence-corrected chi connectivity index (χ4v) is 5.06. The van der Waals surface area contributed by atoms with Crippen LogP contribution in [0.2, 0.25) is 0 Å². The number of fused-ring (bicyclic) bond motifs is 1. The molecule has 3 atom stereocenters. The number of pyridine rings is 1. The fraction of sp³-hybridized carbons (Fsp3) is 0.286. The van der Waals surface area contributed by atoms with Crippen LogP contribution in [-0.2, 0) is 22.4 Å². The van der Waals surface area contributed by atoms with Crippen LogP contribution in [0.25, 0.3) is 10.9 Å². The van der Waals surface area contributed by atoms with Gasteiger partial charge in [-0.2, -0.15) is 0 Å². The van der Waals surface area contributed by atoms with E-state index in [1.54, 1.807) is 36.4 Å². The lowest BCUT2D eigenvalue weighted by Crippen LogP contribution is -2.54. The van der Waals surface area contributed by atoms with Crippen LogP contribution in [-0.4, -0.2) is 57.4 Å². The van der Waals surface area contributed by atoms with Crippen molar-refractivity contribution in [3.63, 3.8) is 0 Å². The summed E-state index contributed by atoms with van der Waals surface area (Å²) in [4.78, 5) is 55.7. The molecule has 1 heterocycles. The summed E-state index contributed by atoms with van der Waals surface area (Å²) in [6.45, 7) is 5.56. The molecule has 4 rings (SSSR count). The van der Waals surface area contributed by atoms with Crippen LogP contribution in [0.5, 0.6) is 0 Å². The Morgan fingerprint density at radius 1 is 0.872 bits per heavy atom. The number of primary amides is 1. The van der Waals surface area contributed by atoms with E-state index in [0.717, 1.165) is 11.6 Å². The number of aliphatic hydroxyl groups excluding tert-OH is 1. The summed E-state index contributed by atoms with van der Waals surface area (Å²) in [5.74, 6) is -4.72. The Balaban J connectivity index is 1.58. The molecule has 0 aliphatic carbocycles. The summed E-state index contributed by atoms with van der Waals surface area (Å²) in [6.07, 6.45) is -1.64. The summed E-state index contributed by atoms with van der Waals surface area (Å²) in [6, 6.07) is 17.7. The Morgan fingerprint density at radius 2 is 1.55 bits per heavy atom. The van der Waals surface area contributed by atoms with Crippen LogP contribution in [0, 0.1) is 11.6 Å². The normalized spacial score (nSPS) is 13.3. The number of aliphatic hydroxyl groups is 1. The minimum absolute atomic E-state index is 0.00840. The summed E-state index contributed by atoms with van der Waals surface area (Å²) in [7, 11) is 0. The van der Waals surface area contributed by atoms with Crippen molar-refractivity contribution in [1.29, 1.82) is 0 Å². The average molecular weight is 646 g/mol. The molecule has 0 bridgehead atoms. The van der Waals surface area contributed by atoms with Gasteiger partial charge in [-0.3, -0.25) is 19.2 Å². The molecule has 3 aromatic carbocycles. The molecule has 0 unspecified atom stereocenters. The van der Waals surface area contributed by atoms with Gasteiger partial charge >= 0.3 is 0 Å². The Morgan fingerprint density at radius 3 is 2.23 bits per heavy atom. The van der Waals surface area contributed by atoms with Crippen LogP contribution < -0.4 is 21.7 Å². The van der Waals surface area contributed by atoms with Crippen molar-refractivity contribution in [3.05, 3.63) is 113 Å². The van der Waals surface area contributed by atoms with E-state index in [0.29, 0.717) is 17.2 Å². The Labute approximate surface area is 270 Å². The molecule has 0 radical (unpaired) electrons. The molecule has 0 aliphatic rings. The van der Waals surface area contributed by atoms with E-state index in [-0.39, 0.29) is 35.3 Å². The Kier molecular flexibility index (Phi) is 11.0. The van der Waals surface area contributed by atoms with E-state index in [1.807, 2.05) is 39.0 Å². The second kappa shape index (κ2) is 14.9. The second-order valence-electron chi connectivity index (χ2n) is 12.3. The number of aromatic nitrogens is 1. The van der Waals surface area contributed by atoms with Gasteiger partial charge in [0.1, 0.15) is 23.1 Å². The molecule has 0 spiro atoms. The Hall–Kier alpha value is -5.23. The van der Waals surface area contributed by atoms with Crippen molar-refractivity contribution in [2.45, 2.75) is 63.8 Å². The van der Waals surface area contributed by atoms with Crippen molar-refractivity contribution >= 4 is 34.5 Å². The van der Waals surface area contributed by atoms with Crippen molar-refractivity contribution in [2.24, 2.45) is 5.73 Å². The highest BCUT2D eigenvalue weighted by atomic mass is 19.1. The number of halogens is 2. The largest absolute Gasteiger partial charge is 0.391 e. The molecule has 1 aromatic heterocycles. The van der Waals surface area contributed by atoms with Gasteiger partial charge in [-0.1, -0.05) is 54.6 Å². The van der Waals surface area contributed by atoms with Crippen molar-refractivity contribution in [2.75, 3.05) is 0 Å². The molecular weight excluding hydrogens is 608 g/mol. The van der Waals surface area contributed by atoms with Gasteiger partial charge in [0.25, 0.3) is 11.8 Å². The minimum atomic E-state index is -1.48. The van der Waals surface area contributed by atoms with Gasteiger partial charge < -0.3 is 26.8 Å². The van der Waals surface area contributed by atoms with Gasteiger partial charge in [0.2, 0.25) is 11.8 Å². The standard InChI is InChI=1S/C35H37F2N5O5/c1-35(2,3)42-32(45)24-12-8-7-11-21(24)17-29(43)27(15-20-9-5-4-6-10-20)40-34(47)28(19-30(38)44)41-33(46)26-14-13-22-16-23(36)18-25(37)31(22)39-26/h4-14,16,18,27-29,43H,15,17,19H2,1-3H3,(H2,38,44)(H,40,47)(H,41,46)(H,42,45)/t27-,28-,29+/m0/s1. The number of nitrogens with zero attached hydrogens (tertiary/aromatic N) is 1. The summed E-state index contributed by atoms with van der Waals surface area (Å²) < 4.78 is 27.9. The van der Waals surface area contributed by atoms with E-state index in [9.17, 15) is 33.1 Å². The van der Waals surface area contributed by atoms with Gasteiger partial charge in [0.15, 0.2) is 5.82 Å². The maximum Gasteiger partial charge on any atom is 0.270 e. The van der Waals surface area contributed by atoms with Gasteiger partial charge in [-0.15, -0.1) is 0 Å². The van der Waals surface area contributed by atoms with Crippen LogP contribution in [0.4, 0.5) is 8.78 Å². The predicted octanol–water partition coefficient (Wildman–Crippen LogP) is 3.35. The SMILES string of the molecule is CC(C)(C)NC(=O)c1ccccc1C[C@@H](O)[C@H](Cc1ccccc1)NC(=O)[C@H](CC(N)=O)NC(=O)c1ccc2cc(F)cc(F)c2n1. The number of carbonyl (C=O) groups is 4. The highest BCUT2D eigenvalue weighted by molar-refractivity contribution is 5.99. The average Bonchev–Trinajstić information content (AvgIpc) is 2.99. The van der Waals surface area contributed by atoms with E-state index < -0.39 is 59.5 Å². The highest BCUT2D eigenvalue weighted by Crippen LogP contribution is 2.19. The van der Waals surface area contributed by atoms with E-state index in [2.05, 4.69) is 20.9 Å². The number of hydrogen-bond donors (Lipinski definition) is 5. The predicted molar refractivity (Wildman–Crippen MR) is 172 cm³/mol. The topological polar surface area (TPSA) is 164 Å². The number of nitrogens with one attached hydrogen (secondary N) is 3. The molecule has 0 fully saturated rings. The van der Waals surface area contributed by atoms with Crippen LogP contribution >= 0.6 is 0 Å². The zero-order chi connectivity index (χ0) is 34.3. The number of amides is 4. The molecule has 246 valence electrons. The maximum atomic E-state index is 14.3. The van der Waals surface area contributed by atoms with Gasteiger partial charge in [-0.25, -0.2) is 13.8 Å². The first-order valence-corrected chi connectivity index (χ1v) is 15.0. The van der Waals surface area contributed by atoms with Gasteiger partial charge in [-0.05, 0) is 56.5 Å². The van der Waals surface area contributed by atoms with Crippen molar-refractivity contribution < 1.29 is 33.1 Å². The third-order valence-corrected chi connectivity index (χ3v) is 7.24. The molecule has 0 saturated carbocycles. The van der Waals surface area contributed by atoms with Crippen molar-refractivity contribution in [1.82, 2.24) is 20.9 Å². The van der Waals surface area contributed by atoms with E-state index >= 15 is 0 Å². The number of benzene rings is 3. The second-order valence-corrected chi connectivity index (χ2v) is 12.3. The van der Waals surface area contributed by atoms with Crippen LogP contribution in [0.1, 0.15) is 59.2 Å². The lowest BCUT2D eigenvalue weighted by Gasteiger charge is -2.28. The molecule has 10 nitrogen and oxygen atoms in total. The van der Waals surface area contributed by atoms with E-state index in [4.69, 9.17) is 5.73 Å². The minimum Gasteiger partial charge on any atom is -0.391 e. The van der Waals surface area contributed by atoms with Crippen LogP contribution in [0.15, 0.2) is 78.9 Å². The number of nitrogens with two attached hydrogens (primary N) is 1. The quantitative estimate of drug-likeness (QED) is 0.159. The Bertz CT molecular complexity index is 1780. The zero-order valence-electron chi connectivity index (χ0n) is 26.2. The van der Waals surface area contributed by atoms with Crippen LogP contribution in [0.3, 0.4) is 0 Å². The first-order chi connectivity index (χ1) is 22.2. The van der Waals surface area contributed by atoms with Crippen molar-refractivity contribution in [3.8, 4) is 0 Å². The molecule has 0 aliphatic heterocycles. The molecule has 12 heteroatoms. The molecule has 4 amide bonds. The molecular formula is C35H37F2N5O5. The number of rotatable bonds is 12. The molecule has 6 N–H and O–H groups in total. The third kappa shape index (κ3) is 9.63. The molecule has 0 saturated heterocycles. The molecule has 4 aromatic rings. The highest BCUT2D eigenvalue weighted by Gasteiger charge is 2.30. The van der Waals surface area contributed by atoms with Gasteiger partial charge in [0.05, 0.1) is 18.6 Å². The smallest absolute Gasteiger partial charge is 0.270 e. The summed E-state index contributed by atoms with van der Waals surface area (Å²) >= 11 is 0. The van der Waals surface area contributed by atoms with Gasteiger partial charge in [0, 0.05) is 29.0 Å². The first kappa shape index (κ1) is 34.6. The number of hydrogen-bond acceptors (Lipinski definition) is 6. The maximum absolute atomic E-state index is 14.3. The lowest BCUT2D eigenvalue weighted by molar-refractivity contribution is -0.128. The van der Waals surface area contributed by atoms with E-state index in [1.165, 1.54) is 12.1 Å². The monoisotopic (exact) mass is 645 g/mol. The summed E-state index contributed by atoms with van der Waals surface area (Å²) in [5.41, 5.74) is 6.07. The fourth-order valence-electron chi connectivity index (χ4n) is 5.06. The lowest BCUT2D eigenvalue weighted by atomic mass is 9.93. The molecule has 47 heavy (non-hydrogen) atoms.